The summed E-state index contributed by atoms with van der Waals surface area (Å²) in [5.74, 6) is 0. The molecule has 2 heterocycles. The first kappa shape index (κ1) is 12.4. The number of benzene rings is 1. The Morgan fingerprint density at radius 3 is 2.39 bits per heavy atom. The zero-order valence-corrected chi connectivity index (χ0v) is 12.6. The first-order chi connectivity index (χ1) is 8.76. The lowest BCUT2D eigenvalue weighted by Gasteiger charge is -2.43. The van der Waals surface area contributed by atoms with Crippen LogP contribution in [-0.4, -0.2) is 13.1 Å². The van der Waals surface area contributed by atoms with E-state index in [0.717, 1.165) is 13.1 Å². The van der Waals surface area contributed by atoms with E-state index in [-0.39, 0.29) is 0 Å². The minimum atomic E-state index is 0.422. The van der Waals surface area contributed by atoms with E-state index in [0.29, 0.717) is 5.41 Å². The van der Waals surface area contributed by atoms with Crippen molar-refractivity contribution < 1.29 is 0 Å². The van der Waals surface area contributed by atoms with Gasteiger partial charge in [-0.2, -0.15) is 0 Å². The highest BCUT2D eigenvalue weighted by Gasteiger charge is 2.37. The number of hydrogen-bond acceptors (Lipinski definition) is 2. The molecule has 1 aliphatic rings. The van der Waals surface area contributed by atoms with E-state index in [1.165, 1.54) is 27.1 Å². The molecule has 0 unspecified atom stereocenters. The smallest absolute Gasteiger partial charge is 0.0701 e. The zero-order valence-electron chi connectivity index (χ0n) is 10.2. The normalized spacial score (nSPS) is 17.4. The van der Waals surface area contributed by atoms with Crippen molar-refractivity contribution in [2.24, 2.45) is 5.41 Å². The largest absolute Gasteiger partial charge is 0.315 e. The Morgan fingerprint density at radius 2 is 1.83 bits per heavy atom. The molecule has 3 rings (SSSR count). The van der Waals surface area contributed by atoms with Crippen molar-refractivity contribution in [1.29, 1.82) is 0 Å². The van der Waals surface area contributed by atoms with Crippen LogP contribution in [-0.2, 0) is 12.8 Å². The molecular weight excluding hydrogens is 306 g/mol. The Morgan fingerprint density at radius 1 is 1.06 bits per heavy atom. The van der Waals surface area contributed by atoms with Gasteiger partial charge in [-0.05, 0) is 46.5 Å². The number of halogens is 1. The average molecular weight is 322 g/mol. The molecule has 0 spiro atoms. The van der Waals surface area contributed by atoms with Crippen LogP contribution in [0.15, 0.2) is 46.3 Å². The molecule has 0 radical (unpaired) electrons. The van der Waals surface area contributed by atoms with Crippen molar-refractivity contribution in [3.8, 4) is 0 Å². The topological polar surface area (TPSA) is 12.0 Å². The molecule has 0 bridgehead atoms. The standard InChI is InChI=1S/C15H16BrNS/c16-14-7-6-13(18-14)9-15(10-17-11-15)8-12-4-2-1-3-5-12/h1-7,17H,8-11H2. The summed E-state index contributed by atoms with van der Waals surface area (Å²) in [7, 11) is 0. The number of nitrogens with one attached hydrogen (secondary N) is 1. The van der Waals surface area contributed by atoms with E-state index in [1.807, 2.05) is 11.3 Å². The Kier molecular flexibility index (Phi) is 3.55. The summed E-state index contributed by atoms with van der Waals surface area (Å²) >= 11 is 5.41. The molecule has 1 saturated heterocycles. The van der Waals surface area contributed by atoms with Crippen LogP contribution in [0.2, 0.25) is 0 Å². The second kappa shape index (κ2) is 5.16. The molecule has 0 aliphatic carbocycles. The number of thiophene rings is 1. The molecule has 1 aromatic carbocycles. The van der Waals surface area contributed by atoms with Gasteiger partial charge in [0.15, 0.2) is 0 Å². The fourth-order valence-corrected chi connectivity index (χ4v) is 4.29. The summed E-state index contributed by atoms with van der Waals surface area (Å²) in [4.78, 5) is 1.49. The minimum absolute atomic E-state index is 0.422. The van der Waals surface area contributed by atoms with Crippen molar-refractivity contribution in [3.05, 3.63) is 56.7 Å². The van der Waals surface area contributed by atoms with Gasteiger partial charge in [-0.1, -0.05) is 30.3 Å². The third kappa shape index (κ3) is 2.68. The third-order valence-corrected chi connectivity index (χ3v) is 5.22. The number of hydrogen-bond donors (Lipinski definition) is 1. The third-order valence-electron chi connectivity index (χ3n) is 3.60. The van der Waals surface area contributed by atoms with Gasteiger partial charge in [0.05, 0.1) is 3.79 Å². The highest BCUT2D eigenvalue weighted by atomic mass is 79.9. The fraction of sp³-hybridized carbons (Fsp3) is 0.333. The van der Waals surface area contributed by atoms with Gasteiger partial charge in [0.2, 0.25) is 0 Å². The van der Waals surface area contributed by atoms with E-state index >= 15 is 0 Å². The maximum atomic E-state index is 3.55. The predicted octanol–water partition coefficient (Wildman–Crippen LogP) is 3.89. The molecule has 1 aromatic heterocycles. The Labute approximate surface area is 120 Å². The fourth-order valence-electron chi connectivity index (χ4n) is 2.64. The Balaban J connectivity index is 1.74. The molecule has 0 atom stereocenters. The van der Waals surface area contributed by atoms with Crippen LogP contribution in [0.25, 0.3) is 0 Å². The molecular formula is C15H16BrNS. The van der Waals surface area contributed by atoms with Gasteiger partial charge < -0.3 is 5.32 Å². The van der Waals surface area contributed by atoms with Gasteiger partial charge in [-0.15, -0.1) is 11.3 Å². The molecule has 2 aromatic rings. The van der Waals surface area contributed by atoms with Crippen molar-refractivity contribution in [2.75, 3.05) is 13.1 Å². The summed E-state index contributed by atoms with van der Waals surface area (Å²) in [5, 5.41) is 3.44. The second-order valence-electron chi connectivity index (χ2n) is 5.15. The second-order valence-corrected chi connectivity index (χ2v) is 7.70. The molecule has 3 heteroatoms. The molecule has 18 heavy (non-hydrogen) atoms. The quantitative estimate of drug-likeness (QED) is 0.901. The molecule has 1 nitrogen and oxygen atoms in total. The average Bonchev–Trinajstić information content (AvgIpc) is 2.73. The van der Waals surface area contributed by atoms with Gasteiger partial charge in [-0.25, -0.2) is 0 Å². The van der Waals surface area contributed by atoms with Crippen LogP contribution >= 0.6 is 27.3 Å². The monoisotopic (exact) mass is 321 g/mol. The van der Waals surface area contributed by atoms with E-state index in [9.17, 15) is 0 Å². The minimum Gasteiger partial charge on any atom is -0.315 e. The maximum absolute atomic E-state index is 3.55. The molecule has 1 fully saturated rings. The lowest BCUT2D eigenvalue weighted by Crippen LogP contribution is -2.55. The molecule has 0 amide bonds. The molecule has 1 N–H and O–H groups in total. The van der Waals surface area contributed by atoms with Gasteiger partial charge in [-0.3, -0.25) is 0 Å². The van der Waals surface area contributed by atoms with Gasteiger partial charge >= 0.3 is 0 Å². The van der Waals surface area contributed by atoms with Crippen LogP contribution < -0.4 is 5.32 Å². The van der Waals surface area contributed by atoms with Gasteiger partial charge in [0.1, 0.15) is 0 Å². The predicted molar refractivity (Wildman–Crippen MR) is 81.2 cm³/mol. The van der Waals surface area contributed by atoms with Crippen molar-refractivity contribution in [3.63, 3.8) is 0 Å². The van der Waals surface area contributed by atoms with Gasteiger partial charge in [0.25, 0.3) is 0 Å². The lowest BCUT2D eigenvalue weighted by molar-refractivity contribution is 0.168. The van der Waals surface area contributed by atoms with E-state index in [1.54, 1.807) is 0 Å². The van der Waals surface area contributed by atoms with Crippen LogP contribution in [0.1, 0.15) is 10.4 Å². The van der Waals surface area contributed by atoms with Crippen LogP contribution in [0.3, 0.4) is 0 Å². The lowest BCUT2D eigenvalue weighted by atomic mass is 9.73. The van der Waals surface area contributed by atoms with Crippen LogP contribution in [0.4, 0.5) is 0 Å². The Bertz CT molecular complexity index is 516. The van der Waals surface area contributed by atoms with Crippen molar-refractivity contribution >= 4 is 27.3 Å². The summed E-state index contributed by atoms with van der Waals surface area (Å²) < 4.78 is 1.24. The van der Waals surface area contributed by atoms with Crippen LogP contribution in [0.5, 0.6) is 0 Å². The molecule has 94 valence electrons. The molecule has 0 saturated carbocycles. The Hall–Kier alpha value is -0.640. The SMILES string of the molecule is Brc1ccc(CC2(Cc3ccccc3)CNC2)s1. The summed E-state index contributed by atoms with van der Waals surface area (Å²) in [6.07, 6.45) is 2.36. The van der Waals surface area contributed by atoms with Crippen molar-refractivity contribution in [2.45, 2.75) is 12.8 Å². The summed E-state index contributed by atoms with van der Waals surface area (Å²) in [5.41, 5.74) is 1.88. The zero-order chi connectivity index (χ0) is 12.4. The van der Waals surface area contributed by atoms with E-state index < -0.39 is 0 Å². The van der Waals surface area contributed by atoms with E-state index in [4.69, 9.17) is 0 Å². The highest BCUT2D eigenvalue weighted by molar-refractivity contribution is 9.11. The molecule has 1 aliphatic heterocycles. The highest BCUT2D eigenvalue weighted by Crippen LogP contribution is 2.35. The first-order valence-corrected chi connectivity index (χ1v) is 7.86. The first-order valence-electron chi connectivity index (χ1n) is 6.25. The van der Waals surface area contributed by atoms with E-state index in [2.05, 4.69) is 63.7 Å². The number of rotatable bonds is 4. The van der Waals surface area contributed by atoms with Crippen LogP contribution in [0, 0.1) is 5.41 Å². The van der Waals surface area contributed by atoms with Gasteiger partial charge in [0, 0.05) is 23.4 Å². The maximum Gasteiger partial charge on any atom is 0.0701 e. The van der Waals surface area contributed by atoms with Crippen molar-refractivity contribution in [1.82, 2.24) is 5.32 Å². The summed E-state index contributed by atoms with van der Waals surface area (Å²) in [6, 6.07) is 15.2. The summed E-state index contributed by atoms with van der Waals surface area (Å²) in [6.45, 7) is 2.27.